The molecule has 0 saturated heterocycles. The van der Waals surface area contributed by atoms with E-state index in [4.69, 9.17) is 9.72 Å². The van der Waals surface area contributed by atoms with Gasteiger partial charge in [0.25, 0.3) is 5.56 Å². The minimum Gasteiger partial charge on any atom is -0.497 e. The molecule has 0 spiro atoms. The summed E-state index contributed by atoms with van der Waals surface area (Å²) in [4.78, 5) is 22.0. The molecule has 6 nitrogen and oxygen atoms in total. The van der Waals surface area contributed by atoms with E-state index < -0.39 is 0 Å². The Morgan fingerprint density at radius 2 is 1.79 bits per heavy atom. The Morgan fingerprint density at radius 3 is 2.59 bits per heavy atom. The Kier molecular flexibility index (Phi) is 3.91. The topological polar surface area (TPSA) is 72.3 Å². The van der Waals surface area contributed by atoms with Crippen molar-refractivity contribution in [1.82, 2.24) is 19.6 Å². The standard InChI is InChI=1S/C23H18N4O2/c1-14-22(15-5-8-18(29-2)9-6-15)23-25-20(13-21(28)27(23)26-14)17-7-10-19-16(12-17)4-3-11-24-19/h3-13,26H,1-2H3. The van der Waals surface area contributed by atoms with E-state index in [-0.39, 0.29) is 5.56 Å². The van der Waals surface area contributed by atoms with Crippen molar-refractivity contribution in [2.24, 2.45) is 0 Å². The molecule has 0 aliphatic carbocycles. The summed E-state index contributed by atoms with van der Waals surface area (Å²) in [6, 6.07) is 19.1. The number of ether oxygens (including phenoxy) is 1. The van der Waals surface area contributed by atoms with E-state index in [0.29, 0.717) is 11.3 Å². The van der Waals surface area contributed by atoms with E-state index in [1.54, 1.807) is 19.4 Å². The minimum absolute atomic E-state index is 0.154. The summed E-state index contributed by atoms with van der Waals surface area (Å²) < 4.78 is 6.74. The van der Waals surface area contributed by atoms with Crippen LogP contribution in [-0.4, -0.2) is 26.7 Å². The number of fused-ring (bicyclic) bond motifs is 2. The number of benzene rings is 2. The van der Waals surface area contributed by atoms with Crippen LogP contribution in [0.5, 0.6) is 5.75 Å². The first-order valence-electron chi connectivity index (χ1n) is 9.26. The van der Waals surface area contributed by atoms with Crippen LogP contribution in [0.3, 0.4) is 0 Å². The van der Waals surface area contributed by atoms with Crippen molar-refractivity contribution in [3.05, 3.63) is 82.9 Å². The second-order valence-corrected chi connectivity index (χ2v) is 6.89. The van der Waals surface area contributed by atoms with Crippen LogP contribution in [0.25, 0.3) is 38.9 Å². The fourth-order valence-electron chi connectivity index (χ4n) is 3.64. The first-order valence-corrected chi connectivity index (χ1v) is 9.26. The van der Waals surface area contributed by atoms with Gasteiger partial charge in [-0.25, -0.2) is 9.50 Å². The average molecular weight is 382 g/mol. The summed E-state index contributed by atoms with van der Waals surface area (Å²) in [5, 5.41) is 4.14. The van der Waals surface area contributed by atoms with Crippen LogP contribution in [0, 0.1) is 6.92 Å². The Morgan fingerprint density at radius 1 is 1.00 bits per heavy atom. The molecule has 0 amide bonds. The van der Waals surface area contributed by atoms with E-state index in [0.717, 1.165) is 39.0 Å². The van der Waals surface area contributed by atoms with Gasteiger partial charge in [-0.2, -0.15) is 0 Å². The van der Waals surface area contributed by atoms with E-state index in [2.05, 4.69) is 10.1 Å². The normalized spacial score (nSPS) is 11.2. The number of aromatic amines is 1. The number of pyridine rings is 1. The monoisotopic (exact) mass is 382 g/mol. The van der Waals surface area contributed by atoms with Gasteiger partial charge in [-0.1, -0.05) is 24.3 Å². The van der Waals surface area contributed by atoms with Crippen LogP contribution in [0.15, 0.2) is 71.7 Å². The van der Waals surface area contributed by atoms with Crippen molar-refractivity contribution in [1.29, 1.82) is 0 Å². The van der Waals surface area contributed by atoms with Crippen LogP contribution in [0.1, 0.15) is 5.69 Å². The molecule has 0 aliphatic rings. The highest BCUT2D eigenvalue weighted by molar-refractivity contribution is 5.85. The first kappa shape index (κ1) is 17.2. The first-order chi connectivity index (χ1) is 14.1. The number of aryl methyl sites for hydroxylation is 1. The summed E-state index contributed by atoms with van der Waals surface area (Å²) in [5.41, 5.74) is 5.60. The van der Waals surface area contributed by atoms with Crippen LogP contribution >= 0.6 is 0 Å². The quantitative estimate of drug-likeness (QED) is 0.507. The molecular formula is C23H18N4O2. The molecule has 0 aliphatic heterocycles. The highest BCUT2D eigenvalue weighted by Gasteiger charge is 2.15. The predicted molar refractivity (Wildman–Crippen MR) is 113 cm³/mol. The van der Waals surface area contributed by atoms with Crippen LogP contribution in [0.2, 0.25) is 0 Å². The zero-order chi connectivity index (χ0) is 20.0. The number of nitrogens with one attached hydrogen (secondary N) is 1. The van der Waals surface area contributed by atoms with E-state index in [9.17, 15) is 4.79 Å². The molecule has 0 atom stereocenters. The van der Waals surface area contributed by atoms with Gasteiger partial charge >= 0.3 is 0 Å². The van der Waals surface area contributed by atoms with Crippen molar-refractivity contribution >= 4 is 16.6 Å². The van der Waals surface area contributed by atoms with Gasteiger partial charge in [-0.3, -0.25) is 14.9 Å². The van der Waals surface area contributed by atoms with Gasteiger partial charge in [0.15, 0.2) is 5.65 Å². The molecule has 0 saturated carbocycles. The molecule has 6 heteroatoms. The van der Waals surface area contributed by atoms with Gasteiger partial charge < -0.3 is 4.74 Å². The maximum Gasteiger partial charge on any atom is 0.273 e. The Balaban J connectivity index is 1.72. The van der Waals surface area contributed by atoms with E-state index in [1.807, 2.05) is 61.5 Å². The fraction of sp³-hybridized carbons (Fsp3) is 0.0870. The fourth-order valence-corrected chi connectivity index (χ4v) is 3.64. The van der Waals surface area contributed by atoms with Gasteiger partial charge in [-0.05, 0) is 42.8 Å². The molecule has 0 unspecified atom stereocenters. The lowest BCUT2D eigenvalue weighted by molar-refractivity contribution is 0.415. The van der Waals surface area contributed by atoms with Crippen LogP contribution in [-0.2, 0) is 0 Å². The van der Waals surface area contributed by atoms with Crippen molar-refractivity contribution in [2.75, 3.05) is 7.11 Å². The van der Waals surface area contributed by atoms with Crippen molar-refractivity contribution in [2.45, 2.75) is 6.92 Å². The van der Waals surface area contributed by atoms with Crippen molar-refractivity contribution in [3.63, 3.8) is 0 Å². The Hall–Kier alpha value is -3.93. The molecule has 142 valence electrons. The largest absolute Gasteiger partial charge is 0.497 e. The molecule has 5 aromatic rings. The summed E-state index contributed by atoms with van der Waals surface area (Å²) >= 11 is 0. The third-order valence-corrected chi connectivity index (χ3v) is 5.07. The molecule has 2 aromatic carbocycles. The Labute approximate surface area is 166 Å². The number of methoxy groups -OCH3 is 1. The van der Waals surface area contributed by atoms with Gasteiger partial charge in [-0.15, -0.1) is 0 Å². The predicted octanol–water partition coefficient (Wildman–Crippen LogP) is 4.22. The maximum absolute atomic E-state index is 12.8. The van der Waals surface area contributed by atoms with Crippen molar-refractivity contribution in [3.8, 4) is 28.1 Å². The number of rotatable bonds is 3. The third kappa shape index (κ3) is 2.86. The molecule has 0 radical (unpaired) electrons. The average Bonchev–Trinajstić information content (AvgIpc) is 3.10. The Bertz CT molecular complexity index is 1420. The SMILES string of the molecule is COc1ccc(-c2c(C)[nH]n3c(=O)cc(-c4ccc5ncccc5c4)nc23)cc1. The molecule has 0 bridgehead atoms. The second kappa shape index (κ2) is 6.60. The zero-order valence-corrected chi connectivity index (χ0v) is 16.0. The molecule has 5 rings (SSSR count). The number of H-pyrrole nitrogens is 1. The van der Waals surface area contributed by atoms with Gasteiger partial charge in [0.1, 0.15) is 5.75 Å². The van der Waals surface area contributed by atoms with Crippen LogP contribution < -0.4 is 10.3 Å². The van der Waals surface area contributed by atoms with Crippen LogP contribution in [0.4, 0.5) is 0 Å². The summed E-state index contributed by atoms with van der Waals surface area (Å²) in [7, 11) is 1.64. The molecule has 3 heterocycles. The molecule has 1 N–H and O–H groups in total. The maximum atomic E-state index is 12.8. The highest BCUT2D eigenvalue weighted by Crippen LogP contribution is 2.29. The number of hydrogen-bond acceptors (Lipinski definition) is 4. The van der Waals surface area contributed by atoms with Gasteiger partial charge in [0.2, 0.25) is 0 Å². The summed E-state index contributed by atoms with van der Waals surface area (Å²) in [5.74, 6) is 0.779. The van der Waals surface area contributed by atoms with E-state index >= 15 is 0 Å². The summed E-state index contributed by atoms with van der Waals surface area (Å²) in [6.45, 7) is 1.94. The number of hydrogen-bond donors (Lipinski definition) is 1. The molecular weight excluding hydrogens is 364 g/mol. The smallest absolute Gasteiger partial charge is 0.273 e. The lowest BCUT2D eigenvalue weighted by Gasteiger charge is -2.06. The minimum atomic E-state index is -0.154. The highest BCUT2D eigenvalue weighted by atomic mass is 16.5. The lowest BCUT2D eigenvalue weighted by Crippen LogP contribution is -2.14. The number of aromatic nitrogens is 4. The molecule has 0 fully saturated rings. The second-order valence-electron chi connectivity index (χ2n) is 6.89. The van der Waals surface area contributed by atoms with Gasteiger partial charge in [0.05, 0.1) is 18.3 Å². The number of nitrogens with zero attached hydrogens (tertiary/aromatic N) is 3. The van der Waals surface area contributed by atoms with Crippen molar-refractivity contribution < 1.29 is 4.74 Å². The molecule has 29 heavy (non-hydrogen) atoms. The zero-order valence-electron chi connectivity index (χ0n) is 16.0. The third-order valence-electron chi connectivity index (χ3n) is 5.07. The molecule has 3 aromatic heterocycles. The van der Waals surface area contributed by atoms with E-state index in [1.165, 1.54) is 4.52 Å². The van der Waals surface area contributed by atoms with Gasteiger partial charge in [0, 0.05) is 34.5 Å². The summed E-state index contributed by atoms with van der Waals surface area (Å²) in [6.07, 6.45) is 1.77. The lowest BCUT2D eigenvalue weighted by atomic mass is 10.1.